The molecular formula is C9H6F3O3S-. The lowest BCUT2D eigenvalue weighted by Gasteiger charge is -2.12. The molecule has 88 valence electrons. The lowest BCUT2D eigenvalue weighted by molar-refractivity contribution is -0.137. The Morgan fingerprint density at radius 2 is 1.88 bits per heavy atom. The molecule has 0 aliphatic rings. The van der Waals surface area contributed by atoms with Crippen LogP contribution in [0.15, 0.2) is 23.1 Å². The maximum absolute atomic E-state index is 12.4. The van der Waals surface area contributed by atoms with Crippen molar-refractivity contribution < 1.29 is 26.7 Å². The number of benzene rings is 1. The van der Waals surface area contributed by atoms with E-state index in [0.29, 0.717) is 12.1 Å². The van der Waals surface area contributed by atoms with Gasteiger partial charge in [-0.25, -0.2) is 0 Å². The van der Waals surface area contributed by atoms with Gasteiger partial charge in [0, 0.05) is 10.5 Å². The van der Waals surface area contributed by atoms with Gasteiger partial charge in [0.1, 0.15) is 0 Å². The van der Waals surface area contributed by atoms with Gasteiger partial charge in [0.25, 0.3) is 0 Å². The normalized spacial score (nSPS) is 13.6. The Hall–Kier alpha value is -1.21. The molecule has 0 aliphatic heterocycles. The number of halogens is 3. The molecule has 1 aromatic rings. The molecule has 0 aromatic heterocycles. The van der Waals surface area contributed by atoms with Gasteiger partial charge < -0.3 is 4.55 Å². The molecule has 1 rings (SSSR count). The lowest BCUT2D eigenvalue weighted by Crippen LogP contribution is -2.08. The number of carbonyl (C=O) groups excluding carboxylic acids is 1. The zero-order chi connectivity index (χ0) is 12.5. The predicted octanol–water partition coefficient (Wildman–Crippen LogP) is 2.15. The van der Waals surface area contributed by atoms with Crippen molar-refractivity contribution in [3.8, 4) is 0 Å². The summed E-state index contributed by atoms with van der Waals surface area (Å²) in [6.45, 7) is 1.06. The minimum absolute atomic E-state index is 0.283. The highest BCUT2D eigenvalue weighted by Gasteiger charge is 2.31. The van der Waals surface area contributed by atoms with Crippen molar-refractivity contribution in [2.24, 2.45) is 0 Å². The first-order chi connectivity index (χ1) is 7.21. The number of carbonyl (C=O) groups is 1. The highest BCUT2D eigenvalue weighted by atomic mass is 32.2. The van der Waals surface area contributed by atoms with Crippen LogP contribution in [0.25, 0.3) is 0 Å². The molecule has 1 aromatic carbocycles. The average Bonchev–Trinajstić information content (AvgIpc) is 2.15. The molecule has 0 heterocycles. The van der Waals surface area contributed by atoms with Crippen LogP contribution in [0.5, 0.6) is 0 Å². The average molecular weight is 251 g/mol. The fourth-order valence-electron chi connectivity index (χ4n) is 1.06. The Labute approximate surface area is 91.6 Å². The Morgan fingerprint density at radius 1 is 1.31 bits per heavy atom. The Bertz CT molecular complexity index is 422. The number of ketones is 1. The fourth-order valence-corrected chi connectivity index (χ4v) is 1.51. The molecule has 16 heavy (non-hydrogen) atoms. The van der Waals surface area contributed by atoms with Crippen LogP contribution in [0.3, 0.4) is 0 Å². The van der Waals surface area contributed by atoms with Crippen LogP contribution in [-0.4, -0.2) is 14.5 Å². The third-order valence-electron chi connectivity index (χ3n) is 1.83. The highest BCUT2D eigenvalue weighted by Crippen LogP contribution is 2.31. The molecule has 0 aliphatic carbocycles. The minimum atomic E-state index is -4.68. The van der Waals surface area contributed by atoms with Crippen LogP contribution < -0.4 is 0 Å². The number of rotatable bonds is 2. The SMILES string of the molecule is CC(=O)c1cc(S(=O)[O-])cc(C(F)(F)F)c1. The summed E-state index contributed by atoms with van der Waals surface area (Å²) < 4.78 is 58.2. The molecule has 0 N–H and O–H groups in total. The molecular weight excluding hydrogens is 245 g/mol. The third-order valence-corrected chi connectivity index (χ3v) is 2.45. The summed E-state index contributed by atoms with van der Waals surface area (Å²) in [7, 11) is 0. The quantitative estimate of drug-likeness (QED) is 0.597. The van der Waals surface area contributed by atoms with E-state index in [1.165, 1.54) is 0 Å². The van der Waals surface area contributed by atoms with E-state index in [-0.39, 0.29) is 5.56 Å². The van der Waals surface area contributed by atoms with Crippen LogP contribution in [0, 0.1) is 0 Å². The monoisotopic (exact) mass is 251 g/mol. The zero-order valence-corrected chi connectivity index (χ0v) is 8.82. The Morgan fingerprint density at radius 3 is 2.25 bits per heavy atom. The summed E-state index contributed by atoms with van der Waals surface area (Å²) in [5.41, 5.74) is -1.44. The molecule has 1 atom stereocenters. The van der Waals surface area contributed by atoms with Gasteiger partial charge in [0.15, 0.2) is 5.78 Å². The van der Waals surface area contributed by atoms with Crippen LogP contribution in [-0.2, 0) is 17.3 Å². The molecule has 0 amide bonds. The zero-order valence-electron chi connectivity index (χ0n) is 8.00. The van der Waals surface area contributed by atoms with Gasteiger partial charge in [-0.05, 0) is 36.2 Å². The summed E-state index contributed by atoms with van der Waals surface area (Å²) in [5.74, 6) is -0.627. The number of alkyl halides is 3. The second-order valence-corrected chi connectivity index (χ2v) is 3.98. The first kappa shape index (κ1) is 12.9. The minimum Gasteiger partial charge on any atom is -0.768 e. The van der Waals surface area contributed by atoms with Crippen molar-refractivity contribution in [2.45, 2.75) is 18.0 Å². The molecule has 0 spiro atoms. The summed E-state index contributed by atoms with van der Waals surface area (Å²) >= 11 is -2.80. The molecule has 3 nitrogen and oxygen atoms in total. The first-order valence-electron chi connectivity index (χ1n) is 4.04. The van der Waals surface area contributed by atoms with Gasteiger partial charge in [-0.2, -0.15) is 13.2 Å². The summed E-state index contributed by atoms with van der Waals surface area (Å²) in [6, 6.07) is 2.01. The summed E-state index contributed by atoms with van der Waals surface area (Å²) in [6.07, 6.45) is -4.68. The van der Waals surface area contributed by atoms with Gasteiger partial charge in [-0.15, -0.1) is 0 Å². The largest absolute Gasteiger partial charge is 0.768 e. The van der Waals surface area contributed by atoms with Gasteiger partial charge in [-0.3, -0.25) is 9.00 Å². The standard InChI is InChI=1S/C9H7F3O3S/c1-5(13)6-2-7(9(10,11)12)4-8(3-6)16(14)15/h2-4H,1H3,(H,14,15)/p-1. The van der Waals surface area contributed by atoms with E-state index >= 15 is 0 Å². The van der Waals surface area contributed by atoms with Crippen molar-refractivity contribution in [1.82, 2.24) is 0 Å². The Balaban J connectivity index is 3.42. The number of hydrogen-bond donors (Lipinski definition) is 0. The van der Waals surface area contributed by atoms with Crippen molar-refractivity contribution in [3.05, 3.63) is 29.3 Å². The maximum Gasteiger partial charge on any atom is 0.416 e. The maximum atomic E-state index is 12.4. The van der Waals surface area contributed by atoms with Crippen molar-refractivity contribution >= 4 is 16.9 Å². The molecule has 7 heteroatoms. The third kappa shape index (κ3) is 2.89. The van der Waals surface area contributed by atoms with E-state index in [2.05, 4.69) is 0 Å². The number of Topliss-reactive ketones (excluding diaryl/α,β-unsaturated/α-hetero) is 1. The fraction of sp³-hybridized carbons (Fsp3) is 0.222. The van der Waals surface area contributed by atoms with Crippen LogP contribution in [0.1, 0.15) is 22.8 Å². The summed E-state index contributed by atoms with van der Waals surface area (Å²) in [4.78, 5) is 10.4. The van der Waals surface area contributed by atoms with Crippen molar-refractivity contribution in [1.29, 1.82) is 0 Å². The van der Waals surface area contributed by atoms with Crippen LogP contribution in [0.4, 0.5) is 13.2 Å². The second-order valence-electron chi connectivity index (χ2n) is 3.03. The van der Waals surface area contributed by atoms with Crippen molar-refractivity contribution in [3.63, 3.8) is 0 Å². The molecule has 0 bridgehead atoms. The molecule has 0 fully saturated rings. The highest BCUT2D eigenvalue weighted by molar-refractivity contribution is 7.79. The lowest BCUT2D eigenvalue weighted by atomic mass is 10.1. The van der Waals surface area contributed by atoms with E-state index in [1.807, 2.05) is 0 Å². The van der Waals surface area contributed by atoms with Crippen LogP contribution >= 0.6 is 0 Å². The summed E-state index contributed by atoms with van der Waals surface area (Å²) in [5, 5.41) is 0. The molecule has 0 saturated heterocycles. The van der Waals surface area contributed by atoms with Crippen molar-refractivity contribution in [2.75, 3.05) is 0 Å². The smallest absolute Gasteiger partial charge is 0.416 e. The Kier molecular flexibility index (Phi) is 3.49. The molecule has 0 saturated carbocycles. The van der Waals surface area contributed by atoms with E-state index in [1.54, 1.807) is 0 Å². The molecule has 1 unspecified atom stereocenters. The topological polar surface area (TPSA) is 57.2 Å². The number of hydrogen-bond acceptors (Lipinski definition) is 3. The van der Waals surface area contributed by atoms with Gasteiger partial charge >= 0.3 is 6.18 Å². The van der Waals surface area contributed by atoms with E-state index in [4.69, 9.17) is 0 Å². The first-order valence-corrected chi connectivity index (χ1v) is 5.12. The van der Waals surface area contributed by atoms with E-state index in [0.717, 1.165) is 13.0 Å². The second kappa shape index (κ2) is 4.34. The van der Waals surface area contributed by atoms with E-state index < -0.39 is 33.5 Å². The van der Waals surface area contributed by atoms with Gasteiger partial charge in [0.05, 0.1) is 5.56 Å². The van der Waals surface area contributed by atoms with Crippen LogP contribution in [0.2, 0.25) is 0 Å². The van der Waals surface area contributed by atoms with Gasteiger partial charge in [-0.1, -0.05) is 0 Å². The molecule has 0 radical (unpaired) electrons. The van der Waals surface area contributed by atoms with E-state index in [9.17, 15) is 26.7 Å². The predicted molar refractivity (Wildman–Crippen MR) is 48.6 cm³/mol. The van der Waals surface area contributed by atoms with Gasteiger partial charge in [0.2, 0.25) is 0 Å².